The summed E-state index contributed by atoms with van der Waals surface area (Å²) in [7, 11) is 0. The molecule has 2 N–H and O–H groups in total. The molecule has 0 fully saturated rings. The third kappa shape index (κ3) is 3.98. The van der Waals surface area contributed by atoms with Crippen LogP contribution in [0.4, 0.5) is 10.2 Å². The smallest absolute Gasteiger partial charge is 0.347 e. The predicted molar refractivity (Wildman–Crippen MR) is 81.8 cm³/mol. The minimum atomic E-state index is -0.684. The second-order valence-electron chi connectivity index (χ2n) is 4.18. The lowest BCUT2D eigenvalue weighted by Crippen LogP contribution is -2.06. The molecule has 0 saturated heterocycles. The summed E-state index contributed by atoms with van der Waals surface area (Å²) in [6, 6.07) is 7.76. The SMILES string of the molecule is C.CC/C(=N\Oc1ncc(F)c(N)n1)c1ccccc1C. The summed E-state index contributed by atoms with van der Waals surface area (Å²) < 4.78 is 12.9. The van der Waals surface area contributed by atoms with Crippen LogP contribution in [0.5, 0.6) is 6.01 Å². The van der Waals surface area contributed by atoms with Gasteiger partial charge >= 0.3 is 6.01 Å². The van der Waals surface area contributed by atoms with E-state index >= 15 is 0 Å². The topological polar surface area (TPSA) is 73.4 Å². The molecule has 0 bridgehead atoms. The van der Waals surface area contributed by atoms with Crippen molar-refractivity contribution in [2.45, 2.75) is 27.7 Å². The summed E-state index contributed by atoms with van der Waals surface area (Å²) in [4.78, 5) is 12.4. The zero-order valence-corrected chi connectivity index (χ0v) is 11.3. The Hall–Kier alpha value is -2.50. The van der Waals surface area contributed by atoms with Crippen LogP contribution >= 0.6 is 0 Å². The number of rotatable bonds is 4. The van der Waals surface area contributed by atoms with Gasteiger partial charge in [0, 0.05) is 5.56 Å². The lowest BCUT2D eigenvalue weighted by molar-refractivity contribution is 0.311. The van der Waals surface area contributed by atoms with Crippen LogP contribution in [0.15, 0.2) is 35.6 Å². The Labute approximate surface area is 123 Å². The number of aryl methyl sites for hydroxylation is 1. The second kappa shape index (κ2) is 7.33. The maximum Gasteiger partial charge on any atom is 0.347 e. The fourth-order valence-electron chi connectivity index (χ4n) is 1.70. The molecule has 21 heavy (non-hydrogen) atoms. The molecule has 0 saturated carbocycles. The number of nitrogens with zero attached hydrogens (tertiary/aromatic N) is 3. The Balaban J connectivity index is 0.00000220. The van der Waals surface area contributed by atoms with Crippen molar-refractivity contribution in [3.05, 3.63) is 47.4 Å². The van der Waals surface area contributed by atoms with Crippen molar-refractivity contribution < 1.29 is 9.23 Å². The molecule has 0 amide bonds. The van der Waals surface area contributed by atoms with Gasteiger partial charge in [0.05, 0.1) is 11.9 Å². The summed E-state index contributed by atoms with van der Waals surface area (Å²) in [6.45, 7) is 3.96. The van der Waals surface area contributed by atoms with Crippen molar-refractivity contribution in [2.24, 2.45) is 5.16 Å². The summed E-state index contributed by atoms with van der Waals surface area (Å²) in [5, 5.41) is 4.03. The Morgan fingerprint density at radius 1 is 1.38 bits per heavy atom. The molecule has 2 aromatic rings. The maximum atomic E-state index is 12.9. The van der Waals surface area contributed by atoms with E-state index in [0.29, 0.717) is 6.42 Å². The van der Waals surface area contributed by atoms with Gasteiger partial charge < -0.3 is 10.6 Å². The highest BCUT2D eigenvalue weighted by molar-refractivity contribution is 6.01. The average molecular weight is 290 g/mol. The lowest BCUT2D eigenvalue weighted by atomic mass is 10.0. The summed E-state index contributed by atoms with van der Waals surface area (Å²) >= 11 is 0. The van der Waals surface area contributed by atoms with E-state index < -0.39 is 5.82 Å². The number of halogens is 1. The average Bonchev–Trinajstić information content (AvgIpc) is 2.45. The Kier molecular flexibility index (Phi) is 5.78. The van der Waals surface area contributed by atoms with E-state index in [-0.39, 0.29) is 19.3 Å². The van der Waals surface area contributed by atoms with Gasteiger partial charge in [0.25, 0.3) is 0 Å². The monoisotopic (exact) mass is 290 g/mol. The van der Waals surface area contributed by atoms with Crippen LogP contribution in [0.3, 0.4) is 0 Å². The first-order chi connectivity index (χ1) is 9.61. The summed E-state index contributed by atoms with van der Waals surface area (Å²) in [5.41, 5.74) is 8.18. The van der Waals surface area contributed by atoms with E-state index in [1.165, 1.54) is 0 Å². The minimum absolute atomic E-state index is 0. The van der Waals surface area contributed by atoms with Crippen LogP contribution in [0.2, 0.25) is 0 Å². The number of benzene rings is 1. The first-order valence-electron chi connectivity index (χ1n) is 6.19. The highest BCUT2D eigenvalue weighted by Gasteiger charge is 2.07. The molecular formula is C15H19FN4O. The highest BCUT2D eigenvalue weighted by atomic mass is 19.1. The van der Waals surface area contributed by atoms with E-state index in [4.69, 9.17) is 10.6 Å². The minimum Gasteiger partial charge on any atom is -0.381 e. The largest absolute Gasteiger partial charge is 0.381 e. The molecule has 0 unspecified atom stereocenters. The molecule has 0 aliphatic heterocycles. The number of anilines is 1. The van der Waals surface area contributed by atoms with Gasteiger partial charge in [0.2, 0.25) is 0 Å². The number of hydrogen-bond donors (Lipinski definition) is 1. The number of aromatic nitrogens is 2. The standard InChI is InChI=1S/C14H15FN4O.CH4/c1-3-12(10-7-5-4-6-9(10)2)19-20-14-17-8-11(15)13(16)18-14;/h4-8H,3H2,1-2H3,(H2,16,17,18);1H4/b19-12+;. The molecule has 2 rings (SSSR count). The summed E-state index contributed by atoms with van der Waals surface area (Å²) in [5.74, 6) is -0.949. The number of nitrogens with two attached hydrogens (primary N) is 1. The second-order valence-corrected chi connectivity index (χ2v) is 4.18. The van der Waals surface area contributed by atoms with Crippen molar-refractivity contribution in [3.8, 4) is 6.01 Å². The molecule has 0 aliphatic carbocycles. The van der Waals surface area contributed by atoms with Crippen LogP contribution in [-0.4, -0.2) is 15.7 Å². The van der Waals surface area contributed by atoms with E-state index in [1.807, 2.05) is 38.1 Å². The van der Waals surface area contributed by atoms with Crippen molar-refractivity contribution in [3.63, 3.8) is 0 Å². The fraction of sp³-hybridized carbons (Fsp3) is 0.267. The quantitative estimate of drug-likeness (QED) is 0.692. The van der Waals surface area contributed by atoms with Gasteiger partial charge in [-0.3, -0.25) is 0 Å². The van der Waals surface area contributed by atoms with Gasteiger partial charge in [-0.15, -0.1) is 0 Å². The molecule has 0 spiro atoms. The molecule has 112 valence electrons. The van der Waals surface area contributed by atoms with Crippen molar-refractivity contribution in [2.75, 3.05) is 5.73 Å². The molecule has 1 aromatic carbocycles. The van der Waals surface area contributed by atoms with Crippen molar-refractivity contribution in [1.82, 2.24) is 9.97 Å². The number of nitrogen functional groups attached to an aromatic ring is 1. The Morgan fingerprint density at radius 3 is 2.71 bits per heavy atom. The zero-order chi connectivity index (χ0) is 14.5. The molecule has 6 heteroatoms. The van der Waals surface area contributed by atoms with Gasteiger partial charge in [-0.1, -0.05) is 43.8 Å². The molecule has 1 heterocycles. The molecule has 0 atom stereocenters. The van der Waals surface area contributed by atoms with E-state index in [2.05, 4.69) is 15.1 Å². The Bertz CT molecular complexity index is 643. The first kappa shape index (κ1) is 16.6. The fourth-order valence-corrected chi connectivity index (χ4v) is 1.70. The maximum absolute atomic E-state index is 12.9. The van der Waals surface area contributed by atoms with Crippen LogP contribution in [-0.2, 0) is 0 Å². The lowest BCUT2D eigenvalue weighted by Gasteiger charge is -2.06. The Morgan fingerprint density at radius 2 is 2.10 bits per heavy atom. The number of oxime groups is 1. The van der Waals surface area contributed by atoms with Crippen LogP contribution in [0.1, 0.15) is 31.9 Å². The molecular weight excluding hydrogens is 271 g/mol. The van der Waals surface area contributed by atoms with E-state index in [9.17, 15) is 4.39 Å². The first-order valence-corrected chi connectivity index (χ1v) is 6.19. The van der Waals surface area contributed by atoms with E-state index in [1.54, 1.807) is 0 Å². The van der Waals surface area contributed by atoms with E-state index in [0.717, 1.165) is 23.0 Å². The molecule has 0 aliphatic rings. The third-order valence-corrected chi connectivity index (χ3v) is 2.78. The van der Waals surface area contributed by atoms with Gasteiger partial charge in [-0.25, -0.2) is 4.39 Å². The summed E-state index contributed by atoms with van der Waals surface area (Å²) in [6.07, 6.45) is 1.63. The molecule has 0 radical (unpaired) electrons. The molecule has 5 nitrogen and oxygen atoms in total. The predicted octanol–water partition coefficient (Wildman–Crippen LogP) is 3.34. The third-order valence-electron chi connectivity index (χ3n) is 2.78. The van der Waals surface area contributed by atoms with Crippen LogP contribution in [0, 0.1) is 12.7 Å². The normalized spacial score (nSPS) is 10.9. The number of hydrogen-bond acceptors (Lipinski definition) is 5. The van der Waals surface area contributed by atoms with Gasteiger partial charge in [-0.2, -0.15) is 9.97 Å². The molecule has 1 aromatic heterocycles. The zero-order valence-electron chi connectivity index (χ0n) is 11.3. The van der Waals surface area contributed by atoms with Crippen LogP contribution in [0.25, 0.3) is 0 Å². The van der Waals surface area contributed by atoms with Gasteiger partial charge in [-0.05, 0) is 18.9 Å². The van der Waals surface area contributed by atoms with Gasteiger partial charge in [0.1, 0.15) is 0 Å². The van der Waals surface area contributed by atoms with Gasteiger partial charge in [0.15, 0.2) is 11.6 Å². The highest BCUT2D eigenvalue weighted by Crippen LogP contribution is 2.13. The van der Waals surface area contributed by atoms with Crippen LogP contribution < -0.4 is 10.6 Å². The van der Waals surface area contributed by atoms with Crippen molar-refractivity contribution in [1.29, 1.82) is 0 Å². The van der Waals surface area contributed by atoms with Crippen molar-refractivity contribution >= 4 is 11.5 Å².